The number of nitrogens with zero attached hydrogens (tertiary/aromatic N) is 1. The van der Waals surface area contributed by atoms with Crippen LogP contribution in [0.5, 0.6) is 0 Å². The van der Waals surface area contributed by atoms with Crippen LogP contribution in [0.4, 0.5) is 18.9 Å². The Morgan fingerprint density at radius 2 is 2.19 bits per heavy atom. The number of anilines is 1. The molecule has 1 heterocycles. The Morgan fingerprint density at radius 3 is 2.71 bits per heavy atom. The third-order valence-electron chi connectivity index (χ3n) is 2.52. The number of amides is 1. The second-order valence-corrected chi connectivity index (χ2v) is 4.77. The van der Waals surface area contributed by atoms with Crippen molar-refractivity contribution in [3.63, 3.8) is 0 Å². The maximum absolute atomic E-state index is 12.8. The van der Waals surface area contributed by atoms with E-state index < -0.39 is 40.7 Å². The van der Waals surface area contributed by atoms with Crippen LogP contribution in [0, 0.1) is 11.3 Å². The molecule has 1 aliphatic rings. The largest absolute Gasteiger partial charge is 0.417 e. The van der Waals surface area contributed by atoms with E-state index in [-0.39, 0.29) is 12.3 Å². The first-order valence-electron chi connectivity index (χ1n) is 5.45. The Hall–Kier alpha value is -1.96. The van der Waals surface area contributed by atoms with E-state index in [1.54, 1.807) is 0 Å². The summed E-state index contributed by atoms with van der Waals surface area (Å²) in [5.74, 6) is -0.793. The second-order valence-electron chi connectivity index (χ2n) is 3.93. The first-order chi connectivity index (χ1) is 9.81. The molecular formula is C11H7F3N2O4S. The molecule has 0 aromatic heterocycles. The highest BCUT2D eigenvalue weighted by atomic mass is 32.2. The van der Waals surface area contributed by atoms with Gasteiger partial charge in [0.1, 0.15) is 6.61 Å². The molecule has 21 heavy (non-hydrogen) atoms. The van der Waals surface area contributed by atoms with Crippen molar-refractivity contribution >= 4 is 23.0 Å². The van der Waals surface area contributed by atoms with Crippen molar-refractivity contribution in [1.82, 2.24) is 0 Å². The van der Waals surface area contributed by atoms with Gasteiger partial charge in [-0.1, -0.05) is 0 Å². The molecule has 1 N–H and O–H groups in total. The molecule has 10 heteroatoms. The number of carbonyl (C=O) groups is 1. The summed E-state index contributed by atoms with van der Waals surface area (Å²) < 4.78 is 58.2. The molecule has 2 rings (SSSR count). The number of carbonyl (C=O) groups excluding carboxylic acids is 1. The summed E-state index contributed by atoms with van der Waals surface area (Å²) in [7, 11) is 0. The fraction of sp³-hybridized carbons (Fsp3) is 0.273. The Kier molecular flexibility index (Phi) is 4.26. The monoisotopic (exact) mass is 320 g/mol. The smallest absolute Gasteiger partial charge is 0.324 e. The number of nitrogens with one attached hydrogen (secondary N) is 1. The summed E-state index contributed by atoms with van der Waals surface area (Å²) in [6.07, 6.45) is -5.89. The average molecular weight is 320 g/mol. The van der Waals surface area contributed by atoms with Crippen molar-refractivity contribution in [3.05, 3.63) is 29.3 Å². The van der Waals surface area contributed by atoms with Gasteiger partial charge in [-0.3, -0.25) is 13.2 Å². The Morgan fingerprint density at radius 1 is 1.48 bits per heavy atom. The topological polar surface area (TPSA) is 88.4 Å². The summed E-state index contributed by atoms with van der Waals surface area (Å²) in [5, 5.41) is 10.8. The zero-order valence-corrected chi connectivity index (χ0v) is 11.0. The number of benzene rings is 1. The van der Waals surface area contributed by atoms with Crippen LogP contribution in [-0.2, 0) is 30.7 Å². The number of hydrogen-bond donors (Lipinski definition) is 1. The number of halogens is 3. The van der Waals surface area contributed by atoms with Crippen molar-refractivity contribution in [1.29, 1.82) is 5.26 Å². The van der Waals surface area contributed by atoms with Gasteiger partial charge in [-0.15, -0.1) is 0 Å². The van der Waals surface area contributed by atoms with E-state index in [9.17, 15) is 22.2 Å². The normalized spacial score (nSPS) is 21.8. The van der Waals surface area contributed by atoms with Gasteiger partial charge in [-0.25, -0.2) is 0 Å². The van der Waals surface area contributed by atoms with E-state index in [1.165, 1.54) is 6.07 Å². The summed E-state index contributed by atoms with van der Waals surface area (Å²) in [5.41, 5.74) is -1.87. The molecule has 1 aromatic rings. The third-order valence-corrected chi connectivity index (χ3v) is 3.23. The van der Waals surface area contributed by atoms with Gasteiger partial charge in [0, 0.05) is 5.69 Å². The van der Waals surface area contributed by atoms with Crippen molar-refractivity contribution in [2.24, 2.45) is 0 Å². The van der Waals surface area contributed by atoms with Crippen LogP contribution in [0.2, 0.25) is 0 Å². The van der Waals surface area contributed by atoms with Crippen molar-refractivity contribution in [2.75, 3.05) is 11.9 Å². The summed E-state index contributed by atoms with van der Waals surface area (Å²) in [6.45, 7) is -0.263. The van der Waals surface area contributed by atoms with Crippen molar-refractivity contribution < 1.29 is 30.5 Å². The highest BCUT2D eigenvalue weighted by Crippen LogP contribution is 2.33. The molecule has 0 spiro atoms. The van der Waals surface area contributed by atoms with Crippen LogP contribution >= 0.6 is 0 Å². The maximum Gasteiger partial charge on any atom is 0.417 e. The summed E-state index contributed by atoms with van der Waals surface area (Å²) in [4.78, 5) is 11.7. The molecule has 2 atom stereocenters. The zero-order chi connectivity index (χ0) is 15.6. The Bertz CT molecular complexity index is 641. The van der Waals surface area contributed by atoms with Gasteiger partial charge in [0.2, 0.25) is 0 Å². The van der Waals surface area contributed by atoms with Gasteiger partial charge < -0.3 is 5.32 Å². The van der Waals surface area contributed by atoms with E-state index in [1.807, 2.05) is 0 Å². The van der Waals surface area contributed by atoms with Gasteiger partial charge >= 0.3 is 17.5 Å². The minimum atomic E-state index is -4.72. The minimum Gasteiger partial charge on any atom is -0.324 e. The van der Waals surface area contributed by atoms with Crippen molar-refractivity contribution in [3.8, 4) is 6.07 Å². The minimum absolute atomic E-state index is 0.160. The van der Waals surface area contributed by atoms with E-state index >= 15 is 0 Å². The molecule has 1 fully saturated rings. The summed E-state index contributed by atoms with van der Waals surface area (Å²) in [6, 6.07) is 4.17. The standard InChI is InChI=1S/C11H7F3N2O4S/c12-11(13,14)8-3-7(2-1-6(8)4-15)16-10(17)9-5-19-21(18)20-9/h1-3,9H,5H2,(H,16,17). The number of nitriles is 1. The Labute approximate surface area is 119 Å². The molecule has 0 saturated carbocycles. The highest BCUT2D eigenvalue weighted by molar-refractivity contribution is 7.75. The maximum atomic E-state index is 12.8. The first-order valence-corrected chi connectivity index (χ1v) is 6.45. The molecule has 0 bridgehead atoms. The second kappa shape index (κ2) is 5.80. The number of rotatable bonds is 2. The zero-order valence-electron chi connectivity index (χ0n) is 10.1. The quantitative estimate of drug-likeness (QED) is 0.892. The molecule has 6 nitrogen and oxygen atoms in total. The van der Waals surface area contributed by atoms with Gasteiger partial charge in [0.25, 0.3) is 5.91 Å². The first kappa shape index (κ1) is 15.4. The predicted octanol–water partition coefficient (Wildman–Crippen LogP) is 1.51. The van der Waals surface area contributed by atoms with E-state index in [2.05, 4.69) is 13.7 Å². The number of alkyl halides is 3. The van der Waals surface area contributed by atoms with Gasteiger partial charge in [0.05, 0.1) is 17.2 Å². The lowest BCUT2D eigenvalue weighted by atomic mass is 10.1. The molecule has 112 valence electrons. The van der Waals surface area contributed by atoms with Crippen LogP contribution in [0.15, 0.2) is 18.2 Å². The molecule has 0 aliphatic carbocycles. The van der Waals surface area contributed by atoms with Gasteiger partial charge in [0.15, 0.2) is 6.10 Å². The van der Waals surface area contributed by atoms with E-state index in [0.717, 1.165) is 12.1 Å². The lowest BCUT2D eigenvalue weighted by Crippen LogP contribution is -2.29. The predicted molar refractivity (Wildman–Crippen MR) is 63.8 cm³/mol. The van der Waals surface area contributed by atoms with E-state index in [0.29, 0.717) is 6.07 Å². The number of hydrogen-bond acceptors (Lipinski definition) is 5. The summed E-state index contributed by atoms with van der Waals surface area (Å²) >= 11 is -2.04. The molecule has 1 aromatic carbocycles. The van der Waals surface area contributed by atoms with Crippen LogP contribution in [0.25, 0.3) is 0 Å². The van der Waals surface area contributed by atoms with Gasteiger partial charge in [-0.2, -0.15) is 22.6 Å². The highest BCUT2D eigenvalue weighted by Gasteiger charge is 2.35. The molecule has 1 aliphatic heterocycles. The van der Waals surface area contributed by atoms with Crippen LogP contribution < -0.4 is 5.32 Å². The fourth-order valence-electron chi connectivity index (χ4n) is 1.56. The van der Waals surface area contributed by atoms with Crippen LogP contribution in [0.1, 0.15) is 11.1 Å². The van der Waals surface area contributed by atoms with Crippen LogP contribution in [-0.4, -0.2) is 22.8 Å². The van der Waals surface area contributed by atoms with Crippen molar-refractivity contribution in [2.45, 2.75) is 12.3 Å². The molecule has 1 saturated heterocycles. The molecule has 1 amide bonds. The van der Waals surface area contributed by atoms with Crippen LogP contribution in [0.3, 0.4) is 0 Å². The van der Waals surface area contributed by atoms with E-state index in [4.69, 9.17) is 5.26 Å². The molecular weight excluding hydrogens is 313 g/mol. The molecule has 0 radical (unpaired) electrons. The Balaban J connectivity index is 2.20. The third kappa shape index (κ3) is 3.57. The lowest BCUT2D eigenvalue weighted by Gasteiger charge is -2.12. The fourth-order valence-corrected chi connectivity index (χ4v) is 2.19. The molecule has 2 unspecified atom stereocenters. The van der Waals surface area contributed by atoms with Gasteiger partial charge in [-0.05, 0) is 18.2 Å². The SMILES string of the molecule is N#Cc1ccc(NC(=O)C2COS(=O)O2)cc1C(F)(F)F. The lowest BCUT2D eigenvalue weighted by molar-refractivity contribution is -0.137. The average Bonchev–Trinajstić information content (AvgIpc) is 2.84.